The first-order valence-electron chi connectivity index (χ1n) is 8.37. The summed E-state index contributed by atoms with van der Waals surface area (Å²) in [7, 11) is 0. The number of piperidine rings is 1. The maximum atomic E-state index is 12.1. The molecule has 1 unspecified atom stereocenters. The highest BCUT2D eigenvalue weighted by atomic mass is 32.1. The maximum Gasteiger partial charge on any atom is 0.320 e. The summed E-state index contributed by atoms with van der Waals surface area (Å²) >= 11 is 1.44. The van der Waals surface area contributed by atoms with Gasteiger partial charge in [0.2, 0.25) is 5.91 Å². The number of amides is 1. The van der Waals surface area contributed by atoms with Gasteiger partial charge in [0.05, 0.1) is 12.1 Å². The van der Waals surface area contributed by atoms with Crippen molar-refractivity contribution in [2.75, 3.05) is 11.9 Å². The molecule has 2 N–H and O–H groups in total. The summed E-state index contributed by atoms with van der Waals surface area (Å²) in [5.41, 5.74) is 1.60. The fraction of sp³-hybridized carbons (Fsp3) is 0.389. The van der Waals surface area contributed by atoms with Gasteiger partial charge < -0.3 is 10.4 Å². The summed E-state index contributed by atoms with van der Waals surface area (Å²) in [5.74, 6) is -0.870. The van der Waals surface area contributed by atoms with Gasteiger partial charge in [-0.05, 0) is 31.5 Å². The van der Waals surface area contributed by atoms with Crippen LogP contribution in [-0.2, 0) is 22.6 Å². The molecule has 0 spiro atoms. The van der Waals surface area contributed by atoms with Crippen LogP contribution >= 0.6 is 11.3 Å². The smallest absolute Gasteiger partial charge is 0.320 e. The zero-order chi connectivity index (χ0) is 17.6. The van der Waals surface area contributed by atoms with E-state index in [0.717, 1.165) is 35.8 Å². The van der Waals surface area contributed by atoms with Gasteiger partial charge in [-0.25, -0.2) is 4.98 Å². The van der Waals surface area contributed by atoms with E-state index in [1.54, 1.807) is 0 Å². The van der Waals surface area contributed by atoms with Gasteiger partial charge >= 0.3 is 5.97 Å². The lowest BCUT2D eigenvalue weighted by molar-refractivity contribution is -0.144. The van der Waals surface area contributed by atoms with Crippen molar-refractivity contribution in [1.29, 1.82) is 0 Å². The number of carbonyl (C=O) groups excluding carboxylic acids is 1. The summed E-state index contributed by atoms with van der Waals surface area (Å²) in [5, 5.41) is 14.8. The van der Waals surface area contributed by atoms with Crippen LogP contribution in [0, 0.1) is 0 Å². The van der Waals surface area contributed by atoms with E-state index in [0.29, 0.717) is 13.0 Å². The van der Waals surface area contributed by atoms with Crippen molar-refractivity contribution in [1.82, 2.24) is 9.88 Å². The standard InChI is InChI=1S/C18H21N3O3S/c22-16(19-13-6-2-1-3-7-13)10-17-20-14(12-25-17)11-21-9-5-4-8-15(21)18(23)24/h1-3,6-7,12,15H,4-5,8-11H2,(H,19,22)(H,23,24). The van der Waals surface area contributed by atoms with Crippen LogP contribution in [-0.4, -0.2) is 39.5 Å². The van der Waals surface area contributed by atoms with Gasteiger partial charge in [0, 0.05) is 17.6 Å². The van der Waals surface area contributed by atoms with Crippen LogP contribution in [0.5, 0.6) is 0 Å². The van der Waals surface area contributed by atoms with E-state index < -0.39 is 12.0 Å². The highest BCUT2D eigenvalue weighted by Gasteiger charge is 2.28. The quantitative estimate of drug-likeness (QED) is 0.829. The van der Waals surface area contributed by atoms with Gasteiger partial charge in [-0.15, -0.1) is 11.3 Å². The first-order chi connectivity index (χ1) is 12.1. The molecule has 1 aliphatic rings. The number of aliphatic carboxylic acids is 1. The molecule has 1 aromatic carbocycles. The summed E-state index contributed by atoms with van der Waals surface area (Å²) in [6, 6.07) is 8.89. The van der Waals surface area contributed by atoms with E-state index in [4.69, 9.17) is 0 Å². The van der Waals surface area contributed by atoms with Gasteiger partial charge in [0.25, 0.3) is 0 Å². The van der Waals surface area contributed by atoms with Gasteiger partial charge in [-0.1, -0.05) is 24.6 Å². The van der Waals surface area contributed by atoms with Crippen molar-refractivity contribution in [3.63, 3.8) is 0 Å². The number of thiazole rings is 1. The number of benzene rings is 1. The zero-order valence-electron chi connectivity index (χ0n) is 13.9. The molecule has 25 heavy (non-hydrogen) atoms. The zero-order valence-corrected chi connectivity index (χ0v) is 14.7. The Kier molecular flexibility index (Phi) is 5.78. The second kappa shape index (κ2) is 8.22. The number of likely N-dealkylation sites (tertiary alicyclic amines) is 1. The van der Waals surface area contributed by atoms with Crippen LogP contribution in [0.25, 0.3) is 0 Å². The lowest BCUT2D eigenvalue weighted by Gasteiger charge is -2.32. The molecule has 1 atom stereocenters. The molecule has 1 saturated heterocycles. The van der Waals surface area contributed by atoms with Crippen molar-refractivity contribution in [3.05, 3.63) is 46.4 Å². The summed E-state index contributed by atoms with van der Waals surface area (Å²) in [6.07, 6.45) is 2.88. The average Bonchev–Trinajstić information content (AvgIpc) is 3.02. The number of carboxylic acids is 1. The average molecular weight is 359 g/mol. The van der Waals surface area contributed by atoms with Crippen LogP contribution < -0.4 is 5.32 Å². The Bertz CT molecular complexity index is 732. The van der Waals surface area contributed by atoms with E-state index in [2.05, 4.69) is 10.3 Å². The third kappa shape index (κ3) is 4.87. The number of hydrogen-bond acceptors (Lipinski definition) is 5. The third-order valence-electron chi connectivity index (χ3n) is 4.23. The lowest BCUT2D eigenvalue weighted by Crippen LogP contribution is -2.44. The first kappa shape index (κ1) is 17.6. The minimum atomic E-state index is -0.766. The van der Waals surface area contributed by atoms with E-state index in [1.807, 2.05) is 40.6 Å². The second-order valence-electron chi connectivity index (χ2n) is 6.14. The predicted molar refractivity (Wildman–Crippen MR) is 96.6 cm³/mol. The van der Waals surface area contributed by atoms with Gasteiger partial charge in [0.15, 0.2) is 0 Å². The number of carboxylic acid groups (broad SMARTS) is 1. The van der Waals surface area contributed by atoms with E-state index in [-0.39, 0.29) is 12.3 Å². The molecule has 3 rings (SSSR count). The summed E-state index contributed by atoms with van der Waals surface area (Å²) in [4.78, 5) is 29.9. The van der Waals surface area contributed by atoms with Crippen molar-refractivity contribution in [3.8, 4) is 0 Å². The molecule has 0 bridgehead atoms. The Balaban J connectivity index is 1.56. The van der Waals surface area contributed by atoms with E-state index in [9.17, 15) is 14.7 Å². The molecule has 0 aliphatic carbocycles. The molecule has 1 aromatic heterocycles. The molecular formula is C18H21N3O3S. The van der Waals surface area contributed by atoms with Crippen LogP contribution in [0.1, 0.15) is 30.0 Å². The SMILES string of the molecule is O=C(Cc1nc(CN2CCCCC2C(=O)O)cs1)Nc1ccccc1. The molecule has 0 radical (unpaired) electrons. The highest BCUT2D eigenvalue weighted by Crippen LogP contribution is 2.21. The molecule has 1 amide bonds. The number of hydrogen-bond donors (Lipinski definition) is 2. The Labute approximate surface area is 150 Å². The third-order valence-corrected chi connectivity index (χ3v) is 5.13. The fourth-order valence-corrected chi connectivity index (χ4v) is 3.82. The number of para-hydroxylation sites is 1. The minimum Gasteiger partial charge on any atom is -0.480 e. The normalized spacial score (nSPS) is 18.0. The van der Waals surface area contributed by atoms with Gasteiger partial charge in [-0.2, -0.15) is 0 Å². The number of anilines is 1. The first-order valence-corrected chi connectivity index (χ1v) is 9.25. The number of aromatic nitrogens is 1. The summed E-state index contributed by atoms with van der Waals surface area (Å²) < 4.78 is 0. The van der Waals surface area contributed by atoms with Gasteiger partial charge in [0.1, 0.15) is 11.0 Å². The van der Waals surface area contributed by atoms with E-state index in [1.165, 1.54) is 11.3 Å². The van der Waals surface area contributed by atoms with Crippen LogP contribution in [0.15, 0.2) is 35.7 Å². The number of rotatable bonds is 6. The second-order valence-corrected chi connectivity index (χ2v) is 7.09. The van der Waals surface area contributed by atoms with Crippen LogP contribution in [0.3, 0.4) is 0 Å². The Morgan fingerprint density at radius 2 is 2.08 bits per heavy atom. The predicted octanol–water partition coefficient (Wildman–Crippen LogP) is 2.76. The molecule has 2 aromatic rings. The number of carbonyl (C=O) groups is 2. The molecule has 0 saturated carbocycles. The fourth-order valence-electron chi connectivity index (χ4n) is 3.03. The Morgan fingerprint density at radius 3 is 2.84 bits per heavy atom. The molecule has 132 valence electrons. The van der Waals surface area contributed by atoms with Crippen molar-refractivity contribution >= 4 is 28.9 Å². The molecule has 1 fully saturated rings. The molecular weight excluding hydrogens is 338 g/mol. The largest absolute Gasteiger partial charge is 0.480 e. The van der Waals surface area contributed by atoms with Gasteiger partial charge in [-0.3, -0.25) is 14.5 Å². The Hall–Kier alpha value is -2.25. The number of nitrogens with zero attached hydrogens (tertiary/aromatic N) is 2. The van der Waals surface area contributed by atoms with Crippen LogP contribution in [0.2, 0.25) is 0 Å². The molecule has 2 heterocycles. The lowest BCUT2D eigenvalue weighted by atomic mass is 10.0. The topological polar surface area (TPSA) is 82.5 Å². The Morgan fingerprint density at radius 1 is 1.28 bits per heavy atom. The molecule has 7 heteroatoms. The van der Waals surface area contributed by atoms with Crippen molar-refractivity contribution in [2.24, 2.45) is 0 Å². The van der Waals surface area contributed by atoms with E-state index >= 15 is 0 Å². The molecule has 1 aliphatic heterocycles. The highest BCUT2D eigenvalue weighted by molar-refractivity contribution is 7.09. The monoisotopic (exact) mass is 359 g/mol. The molecule has 6 nitrogen and oxygen atoms in total. The van der Waals surface area contributed by atoms with Crippen LogP contribution in [0.4, 0.5) is 5.69 Å². The maximum absolute atomic E-state index is 12.1. The number of nitrogens with one attached hydrogen (secondary N) is 1. The van der Waals surface area contributed by atoms with Crippen molar-refractivity contribution in [2.45, 2.75) is 38.3 Å². The minimum absolute atomic E-state index is 0.103. The summed E-state index contributed by atoms with van der Waals surface area (Å²) in [6.45, 7) is 1.30. The van der Waals surface area contributed by atoms with Crippen molar-refractivity contribution < 1.29 is 14.7 Å².